The summed E-state index contributed by atoms with van der Waals surface area (Å²) in [7, 11) is 0. The molecular formula is C30H28N2O6. The highest BCUT2D eigenvalue weighted by molar-refractivity contribution is 5.94. The number of allylic oxidation sites excluding steroid dienone is 2. The van der Waals surface area contributed by atoms with E-state index in [2.05, 4.69) is 10.6 Å². The second-order valence-electron chi connectivity index (χ2n) is 8.67. The number of carbonyl (C=O) groups is 3. The monoisotopic (exact) mass is 512 g/mol. The van der Waals surface area contributed by atoms with E-state index in [0.717, 1.165) is 16.7 Å². The summed E-state index contributed by atoms with van der Waals surface area (Å²) in [6.45, 7) is 0.194. The van der Waals surface area contributed by atoms with Crippen LogP contribution in [-0.2, 0) is 27.2 Å². The van der Waals surface area contributed by atoms with Crippen molar-refractivity contribution in [1.29, 1.82) is 0 Å². The summed E-state index contributed by atoms with van der Waals surface area (Å²) in [6, 6.07) is 21.7. The molecular weight excluding hydrogens is 484 g/mol. The van der Waals surface area contributed by atoms with Crippen LogP contribution in [0.1, 0.15) is 16.7 Å². The van der Waals surface area contributed by atoms with Crippen molar-refractivity contribution in [3.05, 3.63) is 114 Å². The van der Waals surface area contributed by atoms with Gasteiger partial charge in [-0.1, -0.05) is 85.0 Å². The Labute approximate surface area is 220 Å². The van der Waals surface area contributed by atoms with E-state index < -0.39 is 29.9 Å². The topological polar surface area (TPSA) is 114 Å². The van der Waals surface area contributed by atoms with Crippen molar-refractivity contribution >= 4 is 23.9 Å². The van der Waals surface area contributed by atoms with Crippen LogP contribution >= 0.6 is 0 Å². The Kier molecular flexibility index (Phi) is 8.91. The number of rotatable bonds is 11. The van der Waals surface area contributed by atoms with E-state index in [-0.39, 0.29) is 19.6 Å². The number of carboxylic acids is 1. The summed E-state index contributed by atoms with van der Waals surface area (Å²) in [5.41, 5.74) is 2.48. The molecule has 3 aromatic carbocycles. The second-order valence-corrected chi connectivity index (χ2v) is 8.67. The number of hydrogen-bond donors (Lipinski definition) is 3. The van der Waals surface area contributed by atoms with Gasteiger partial charge >= 0.3 is 5.97 Å². The fraction of sp³-hybridized carbons (Fsp3) is 0.167. The normalized spacial score (nSPS) is 13.8. The lowest BCUT2D eigenvalue weighted by Crippen LogP contribution is -2.52. The maximum Gasteiger partial charge on any atom is 0.326 e. The molecule has 194 valence electrons. The van der Waals surface area contributed by atoms with Crippen LogP contribution in [0.3, 0.4) is 0 Å². The maximum atomic E-state index is 13.1. The molecule has 1 aliphatic rings. The first kappa shape index (κ1) is 26.2. The Morgan fingerprint density at radius 3 is 2.08 bits per heavy atom. The highest BCUT2D eigenvalue weighted by Crippen LogP contribution is 2.32. The minimum Gasteiger partial charge on any atom is -0.480 e. The lowest BCUT2D eigenvalue weighted by molar-refractivity contribution is -0.142. The molecule has 0 spiro atoms. The molecule has 3 aromatic rings. The molecule has 0 aromatic heterocycles. The predicted molar refractivity (Wildman–Crippen MR) is 143 cm³/mol. The number of amides is 2. The molecule has 0 aliphatic carbocycles. The number of fused-ring (bicyclic) bond motifs is 1. The van der Waals surface area contributed by atoms with E-state index >= 15 is 0 Å². The Morgan fingerprint density at radius 1 is 0.789 bits per heavy atom. The number of carboxylic acid groups (broad SMARTS) is 1. The van der Waals surface area contributed by atoms with E-state index in [0.29, 0.717) is 11.5 Å². The Balaban J connectivity index is 1.41. The van der Waals surface area contributed by atoms with Gasteiger partial charge in [-0.15, -0.1) is 0 Å². The number of hydrogen-bond acceptors (Lipinski definition) is 5. The van der Waals surface area contributed by atoms with Gasteiger partial charge in [0.2, 0.25) is 18.6 Å². The molecule has 38 heavy (non-hydrogen) atoms. The molecule has 4 rings (SSSR count). The van der Waals surface area contributed by atoms with Gasteiger partial charge in [0.15, 0.2) is 11.5 Å². The van der Waals surface area contributed by atoms with Crippen LogP contribution < -0.4 is 20.1 Å². The summed E-state index contributed by atoms with van der Waals surface area (Å²) < 4.78 is 10.7. The summed E-state index contributed by atoms with van der Waals surface area (Å²) >= 11 is 0. The van der Waals surface area contributed by atoms with Crippen molar-refractivity contribution in [3.8, 4) is 11.5 Å². The van der Waals surface area contributed by atoms with Crippen molar-refractivity contribution in [2.45, 2.75) is 24.9 Å². The molecule has 8 heteroatoms. The highest BCUT2D eigenvalue weighted by atomic mass is 16.7. The molecule has 0 fully saturated rings. The quantitative estimate of drug-likeness (QED) is 0.268. The largest absolute Gasteiger partial charge is 0.480 e. The second kappa shape index (κ2) is 12.9. The number of benzene rings is 3. The van der Waals surface area contributed by atoms with Crippen molar-refractivity contribution in [2.75, 3.05) is 6.79 Å². The third-order valence-corrected chi connectivity index (χ3v) is 5.86. The summed E-state index contributed by atoms with van der Waals surface area (Å²) in [4.78, 5) is 37.7. The number of carbonyl (C=O) groups excluding carboxylic acids is 2. The minimum absolute atomic E-state index is 0.123. The molecule has 1 heterocycles. The first-order valence-corrected chi connectivity index (χ1v) is 12.1. The van der Waals surface area contributed by atoms with E-state index in [4.69, 9.17) is 9.47 Å². The fourth-order valence-electron chi connectivity index (χ4n) is 3.93. The third-order valence-electron chi connectivity index (χ3n) is 5.86. The highest BCUT2D eigenvalue weighted by Gasteiger charge is 2.26. The summed E-state index contributed by atoms with van der Waals surface area (Å²) in [5, 5.41) is 15.0. The Bertz CT molecular complexity index is 1320. The van der Waals surface area contributed by atoms with Crippen molar-refractivity contribution in [1.82, 2.24) is 10.6 Å². The Hall–Kier alpha value is -4.85. The Morgan fingerprint density at radius 2 is 1.42 bits per heavy atom. The zero-order valence-electron chi connectivity index (χ0n) is 20.6. The minimum atomic E-state index is -1.15. The van der Waals surface area contributed by atoms with Crippen LogP contribution in [0.5, 0.6) is 11.5 Å². The molecule has 0 saturated carbocycles. The zero-order chi connectivity index (χ0) is 26.7. The van der Waals surface area contributed by atoms with Crippen LogP contribution in [0.4, 0.5) is 0 Å². The predicted octanol–water partition coefficient (Wildman–Crippen LogP) is 3.52. The maximum absolute atomic E-state index is 13.1. The summed E-state index contributed by atoms with van der Waals surface area (Å²) in [6.07, 6.45) is 6.71. The van der Waals surface area contributed by atoms with Crippen molar-refractivity contribution in [2.24, 2.45) is 0 Å². The van der Waals surface area contributed by atoms with E-state index in [1.54, 1.807) is 30.4 Å². The lowest BCUT2D eigenvalue weighted by Gasteiger charge is -2.21. The number of nitrogens with one attached hydrogen (secondary N) is 2. The average Bonchev–Trinajstić information content (AvgIpc) is 3.39. The molecule has 8 nitrogen and oxygen atoms in total. The molecule has 0 unspecified atom stereocenters. The van der Waals surface area contributed by atoms with E-state index in [1.165, 1.54) is 6.08 Å². The molecule has 0 saturated heterocycles. The molecule has 0 bridgehead atoms. The fourth-order valence-corrected chi connectivity index (χ4v) is 3.93. The zero-order valence-corrected chi connectivity index (χ0v) is 20.6. The lowest BCUT2D eigenvalue weighted by atomic mass is 10.0. The van der Waals surface area contributed by atoms with Gasteiger partial charge in [-0.25, -0.2) is 4.79 Å². The van der Waals surface area contributed by atoms with Crippen LogP contribution in [0.2, 0.25) is 0 Å². The SMILES string of the molecule is O=C(/C=C/C=C/c1ccc2c(c1)OCO2)N[C@H](Cc1ccccc1)C(=O)N[C@@H](Cc1ccccc1)C(=O)O. The molecule has 2 amide bonds. The van der Waals surface area contributed by atoms with Gasteiger partial charge in [0.1, 0.15) is 12.1 Å². The smallest absolute Gasteiger partial charge is 0.326 e. The van der Waals surface area contributed by atoms with Crippen molar-refractivity contribution in [3.63, 3.8) is 0 Å². The molecule has 1 aliphatic heterocycles. The molecule has 3 N–H and O–H groups in total. The van der Waals surface area contributed by atoms with Gasteiger partial charge in [-0.2, -0.15) is 0 Å². The van der Waals surface area contributed by atoms with E-state index in [9.17, 15) is 19.5 Å². The molecule has 0 radical (unpaired) electrons. The first-order valence-electron chi connectivity index (χ1n) is 12.1. The first-order chi connectivity index (χ1) is 18.5. The van der Waals surface area contributed by atoms with Gasteiger partial charge in [0.25, 0.3) is 0 Å². The van der Waals surface area contributed by atoms with Gasteiger partial charge in [0, 0.05) is 18.9 Å². The van der Waals surface area contributed by atoms with E-state index in [1.807, 2.05) is 66.7 Å². The summed E-state index contributed by atoms with van der Waals surface area (Å²) in [5.74, 6) is -0.856. The molecule has 2 atom stereocenters. The average molecular weight is 513 g/mol. The number of aliphatic carboxylic acids is 1. The van der Waals surface area contributed by atoms with Gasteiger partial charge < -0.3 is 25.2 Å². The van der Waals surface area contributed by atoms with Crippen LogP contribution in [-0.4, -0.2) is 41.8 Å². The van der Waals surface area contributed by atoms with Crippen LogP contribution in [0.25, 0.3) is 6.08 Å². The van der Waals surface area contributed by atoms with Gasteiger partial charge in [-0.05, 0) is 28.8 Å². The van der Waals surface area contributed by atoms with Gasteiger partial charge in [-0.3, -0.25) is 9.59 Å². The van der Waals surface area contributed by atoms with Crippen LogP contribution in [0, 0.1) is 0 Å². The van der Waals surface area contributed by atoms with Crippen molar-refractivity contribution < 1.29 is 29.0 Å². The van der Waals surface area contributed by atoms with Gasteiger partial charge in [0.05, 0.1) is 0 Å². The standard InChI is InChI=1S/C30H28N2O6/c33-28(14-8-7-13-23-15-16-26-27(19-23)38-20-37-26)31-24(17-21-9-3-1-4-10-21)29(34)32-25(30(35)36)18-22-11-5-2-6-12-22/h1-16,19,24-25H,17-18,20H2,(H,31,33)(H,32,34)(H,35,36)/b13-7+,14-8+/t24-,25+/m1/s1. The number of ether oxygens (including phenoxy) is 2. The van der Waals surface area contributed by atoms with Crippen LogP contribution in [0.15, 0.2) is 97.1 Å². The third kappa shape index (κ3) is 7.57.